The highest BCUT2D eigenvalue weighted by Crippen LogP contribution is 2.48. The summed E-state index contributed by atoms with van der Waals surface area (Å²) in [6.07, 6.45) is -0.837. The molecule has 19 heteroatoms. The first kappa shape index (κ1) is 35.0. The lowest BCUT2D eigenvalue weighted by atomic mass is 9.96. The molecule has 1 saturated heterocycles. The van der Waals surface area contributed by atoms with E-state index in [4.69, 9.17) is 30.1 Å². The molecule has 2 aromatic heterocycles. The summed E-state index contributed by atoms with van der Waals surface area (Å²) in [5, 5.41) is 25.8. The number of aromatic nitrogens is 3. The number of halogens is 1. The Kier molecular flexibility index (Phi) is 10.2. The molecule has 0 spiro atoms. The molecule has 1 aromatic carbocycles. The van der Waals surface area contributed by atoms with Gasteiger partial charge in [-0.1, -0.05) is 11.6 Å². The predicted octanol–water partition coefficient (Wildman–Crippen LogP) is 2.49. The summed E-state index contributed by atoms with van der Waals surface area (Å²) in [6.45, 7) is 6.99. The number of ether oxygens (including phenoxy) is 2. The number of rotatable bonds is 13. The molecule has 1 fully saturated rings. The minimum absolute atomic E-state index is 0.106. The second-order valence-corrected chi connectivity index (χ2v) is 15.3. The summed E-state index contributed by atoms with van der Waals surface area (Å²) < 4.78 is 61.3. The van der Waals surface area contributed by atoms with E-state index in [-0.39, 0.29) is 17.2 Å². The number of aliphatic hydroxyl groups excluding tert-OH is 1. The van der Waals surface area contributed by atoms with Crippen LogP contribution < -0.4 is 19.9 Å². The minimum atomic E-state index is -4.40. The lowest BCUT2D eigenvalue weighted by molar-refractivity contribution is -0.153. The van der Waals surface area contributed by atoms with Crippen LogP contribution in [0.4, 0.5) is 5.82 Å². The Hall–Kier alpha value is -2.86. The molecular weight excluding hydrogens is 655 g/mol. The van der Waals surface area contributed by atoms with E-state index in [0.29, 0.717) is 10.4 Å². The third kappa shape index (κ3) is 8.30. The number of benzene rings is 1. The molecule has 1 aliphatic heterocycles. The fraction of sp³-hybridized carbons (Fsp3) is 0.500. The molecule has 3 unspecified atom stereocenters. The van der Waals surface area contributed by atoms with Crippen molar-refractivity contribution in [2.75, 3.05) is 18.3 Å². The van der Waals surface area contributed by atoms with Gasteiger partial charge in [0.1, 0.15) is 41.1 Å². The van der Waals surface area contributed by atoms with E-state index in [1.165, 1.54) is 62.1 Å². The number of sulfonamides is 1. The summed E-state index contributed by atoms with van der Waals surface area (Å²) in [5.74, 6) is -0.482. The molecule has 5 N–H and O–H groups in total. The quantitative estimate of drug-likeness (QED) is 0.0991. The minimum Gasteiger partial charge on any atom is -0.462 e. The normalized spacial score (nSPS) is 23.6. The number of fused-ring (bicyclic) bond motifs is 1. The average molecular weight is 691 g/mol. The van der Waals surface area contributed by atoms with E-state index in [1.807, 2.05) is 0 Å². The number of esters is 1. The SMILES string of the molecule is CC(C)OC(=O)C(C)(C)NP(=O)(OCC1OC(n2ccc3c(NNS(C)(=O)=O)ncnc32)[C@](C)(O)[C@@H]1O)Oc1ccc(Cl)cc1. The van der Waals surface area contributed by atoms with Crippen LogP contribution in [0.2, 0.25) is 5.02 Å². The van der Waals surface area contributed by atoms with Gasteiger partial charge in [0.05, 0.1) is 24.4 Å². The number of hydrazine groups is 1. The molecule has 3 heterocycles. The Balaban J connectivity index is 1.58. The van der Waals surface area contributed by atoms with E-state index in [0.717, 1.165) is 6.26 Å². The maximum atomic E-state index is 14.1. The van der Waals surface area contributed by atoms with Gasteiger partial charge >= 0.3 is 13.7 Å². The first-order valence-corrected chi connectivity index (χ1v) is 17.4. The Morgan fingerprint density at radius 1 is 1.24 bits per heavy atom. The smallest absolute Gasteiger partial charge is 0.459 e. The van der Waals surface area contributed by atoms with Gasteiger partial charge in [0, 0.05) is 11.2 Å². The number of nitrogens with one attached hydrogen (secondary N) is 3. The van der Waals surface area contributed by atoms with Crippen molar-refractivity contribution in [1.29, 1.82) is 0 Å². The Morgan fingerprint density at radius 3 is 2.53 bits per heavy atom. The molecular formula is C26H36ClN6O10PS. The van der Waals surface area contributed by atoms with Gasteiger partial charge in [-0.05, 0) is 65.0 Å². The Bertz CT molecular complexity index is 1680. The van der Waals surface area contributed by atoms with E-state index in [9.17, 15) is 28.0 Å². The van der Waals surface area contributed by atoms with Crippen LogP contribution in [0.25, 0.3) is 11.0 Å². The van der Waals surface area contributed by atoms with Gasteiger partial charge < -0.3 is 28.8 Å². The molecule has 45 heavy (non-hydrogen) atoms. The molecule has 16 nitrogen and oxygen atoms in total. The fourth-order valence-electron chi connectivity index (χ4n) is 4.42. The lowest BCUT2D eigenvalue weighted by Gasteiger charge is -2.30. The van der Waals surface area contributed by atoms with Crippen LogP contribution in [-0.2, 0) is 33.4 Å². The summed E-state index contributed by atoms with van der Waals surface area (Å²) in [6, 6.07) is 7.49. The molecule has 5 atom stereocenters. The standard InChI is InChI=1S/C26H36ClN6O10PS/c1-15(2)41-24(35)25(3,4)31-44(37,43-17-9-7-16(27)8-10-17)40-13-19-20(34)26(5,36)23(42-19)33-12-11-18-21(28-14-29-22(18)33)30-32-45(6,38)39/h7-12,14-15,19-20,23,32,34,36H,13H2,1-6H3,(H,31,37)(H,28,29,30)/t19?,20-,23?,26-,44?/m1/s1. The van der Waals surface area contributed by atoms with Crippen LogP contribution in [0.1, 0.15) is 40.8 Å². The molecule has 0 amide bonds. The summed E-state index contributed by atoms with van der Waals surface area (Å²) >= 11 is 5.96. The highest BCUT2D eigenvalue weighted by molar-refractivity contribution is 7.88. The monoisotopic (exact) mass is 690 g/mol. The molecule has 0 aliphatic carbocycles. The lowest BCUT2D eigenvalue weighted by Crippen LogP contribution is -2.48. The maximum absolute atomic E-state index is 14.1. The maximum Gasteiger partial charge on any atom is 0.459 e. The van der Waals surface area contributed by atoms with Crippen molar-refractivity contribution < 1.29 is 46.5 Å². The van der Waals surface area contributed by atoms with Crippen LogP contribution >= 0.6 is 19.3 Å². The van der Waals surface area contributed by atoms with Crippen LogP contribution in [0.15, 0.2) is 42.9 Å². The van der Waals surface area contributed by atoms with E-state index in [1.54, 1.807) is 19.9 Å². The van der Waals surface area contributed by atoms with Crippen molar-refractivity contribution in [3.05, 3.63) is 47.9 Å². The fourth-order valence-corrected chi connectivity index (χ4v) is 6.50. The number of carbonyl (C=O) groups excluding carboxylic acids is 1. The van der Waals surface area contributed by atoms with Gasteiger partial charge in [-0.3, -0.25) is 14.7 Å². The summed E-state index contributed by atoms with van der Waals surface area (Å²) in [4.78, 5) is 23.2. The van der Waals surface area contributed by atoms with Gasteiger partial charge in [-0.2, -0.15) is 5.09 Å². The number of hydrogen-bond acceptors (Lipinski definition) is 13. The number of carbonyl (C=O) groups is 1. The predicted molar refractivity (Wildman–Crippen MR) is 164 cm³/mol. The average Bonchev–Trinajstić information content (AvgIpc) is 3.45. The van der Waals surface area contributed by atoms with Crippen molar-refractivity contribution >= 4 is 52.2 Å². The third-order valence-electron chi connectivity index (χ3n) is 6.59. The molecule has 0 saturated carbocycles. The van der Waals surface area contributed by atoms with Crippen molar-refractivity contribution in [2.24, 2.45) is 0 Å². The van der Waals surface area contributed by atoms with Crippen molar-refractivity contribution in [1.82, 2.24) is 24.5 Å². The van der Waals surface area contributed by atoms with Crippen LogP contribution in [0, 0.1) is 0 Å². The van der Waals surface area contributed by atoms with Crippen molar-refractivity contribution in [3.63, 3.8) is 0 Å². The zero-order valence-corrected chi connectivity index (χ0v) is 27.8. The van der Waals surface area contributed by atoms with Crippen molar-refractivity contribution in [3.8, 4) is 5.75 Å². The van der Waals surface area contributed by atoms with Crippen LogP contribution in [0.5, 0.6) is 5.75 Å². The van der Waals surface area contributed by atoms with Gasteiger partial charge in [-0.15, -0.1) is 4.83 Å². The second kappa shape index (κ2) is 13.1. The third-order valence-corrected chi connectivity index (χ3v) is 9.09. The Labute approximate surface area is 265 Å². The first-order chi connectivity index (χ1) is 20.8. The van der Waals surface area contributed by atoms with Gasteiger partial charge in [0.15, 0.2) is 12.0 Å². The van der Waals surface area contributed by atoms with Crippen molar-refractivity contribution in [2.45, 2.75) is 70.3 Å². The summed E-state index contributed by atoms with van der Waals surface area (Å²) in [5.41, 5.74) is -0.723. The Morgan fingerprint density at radius 2 is 1.91 bits per heavy atom. The molecule has 0 radical (unpaired) electrons. The van der Waals surface area contributed by atoms with Gasteiger partial charge in [0.25, 0.3) is 0 Å². The molecule has 248 valence electrons. The number of hydrogen-bond donors (Lipinski definition) is 5. The number of nitrogens with zero attached hydrogens (tertiary/aromatic N) is 3. The molecule has 4 rings (SSSR count). The molecule has 3 aromatic rings. The van der Waals surface area contributed by atoms with E-state index in [2.05, 4.69) is 25.3 Å². The highest BCUT2D eigenvalue weighted by Gasteiger charge is 2.54. The molecule has 0 bridgehead atoms. The highest BCUT2D eigenvalue weighted by atomic mass is 35.5. The largest absolute Gasteiger partial charge is 0.462 e. The first-order valence-electron chi connectivity index (χ1n) is 13.6. The van der Waals surface area contributed by atoms with E-state index >= 15 is 0 Å². The second-order valence-electron chi connectivity index (χ2n) is 11.4. The van der Waals surface area contributed by atoms with Gasteiger partial charge in [0.2, 0.25) is 10.0 Å². The summed E-state index contributed by atoms with van der Waals surface area (Å²) in [7, 11) is -8.01. The number of anilines is 1. The topological polar surface area (TPSA) is 212 Å². The van der Waals surface area contributed by atoms with E-state index < -0.39 is 66.0 Å². The number of aliphatic hydroxyl groups is 2. The molecule has 1 aliphatic rings. The zero-order valence-electron chi connectivity index (χ0n) is 25.3. The van der Waals surface area contributed by atoms with Gasteiger partial charge in [-0.25, -0.2) is 23.0 Å². The zero-order chi connectivity index (χ0) is 33.4. The van der Waals surface area contributed by atoms with Crippen LogP contribution in [-0.4, -0.2) is 81.4 Å². The van der Waals surface area contributed by atoms with Crippen LogP contribution in [0.3, 0.4) is 0 Å².